The molecule has 1 unspecified atom stereocenters. The van der Waals surface area contributed by atoms with Crippen molar-refractivity contribution in [1.82, 2.24) is 10.2 Å². The van der Waals surface area contributed by atoms with Crippen LogP contribution >= 0.6 is 0 Å². The van der Waals surface area contributed by atoms with Crippen molar-refractivity contribution in [2.24, 2.45) is 0 Å². The number of benzene rings is 1. The average Bonchev–Trinajstić information content (AvgIpc) is 2.61. The average molecular weight is 330 g/mol. The molecule has 1 heterocycles. The molecule has 3 rings (SSSR count). The maximum absolute atomic E-state index is 12.6. The van der Waals surface area contributed by atoms with Crippen molar-refractivity contribution in [1.29, 1.82) is 0 Å². The van der Waals surface area contributed by atoms with Gasteiger partial charge in [-0.3, -0.25) is 4.79 Å². The highest BCUT2D eigenvalue weighted by molar-refractivity contribution is 5.77. The summed E-state index contributed by atoms with van der Waals surface area (Å²) in [5, 5.41) is 14.2. The molecule has 2 aliphatic rings. The molecule has 2 fully saturated rings. The molecule has 1 aliphatic carbocycles. The van der Waals surface area contributed by atoms with Gasteiger partial charge in [0.05, 0.1) is 12.0 Å². The van der Waals surface area contributed by atoms with E-state index in [1.807, 2.05) is 11.0 Å². The van der Waals surface area contributed by atoms with Gasteiger partial charge in [0.2, 0.25) is 5.91 Å². The molecule has 1 aromatic rings. The first-order valence-corrected chi connectivity index (χ1v) is 9.42. The van der Waals surface area contributed by atoms with Crippen LogP contribution in [0.3, 0.4) is 0 Å². The number of likely N-dealkylation sites (tertiary alicyclic amines) is 1. The second-order valence-corrected chi connectivity index (χ2v) is 7.51. The number of carbonyl (C=O) groups excluding carboxylic acids is 1. The fourth-order valence-electron chi connectivity index (χ4n) is 4.01. The Hall–Kier alpha value is -1.39. The third-order valence-corrected chi connectivity index (χ3v) is 5.48. The largest absolute Gasteiger partial charge is 0.389 e. The lowest BCUT2D eigenvalue weighted by atomic mass is 9.82. The zero-order valence-electron chi connectivity index (χ0n) is 14.5. The Morgan fingerprint density at radius 3 is 2.67 bits per heavy atom. The van der Waals surface area contributed by atoms with Crippen molar-refractivity contribution in [3.8, 4) is 0 Å². The molecule has 0 radical (unpaired) electrons. The Labute approximate surface area is 145 Å². The number of nitrogens with zero attached hydrogens (tertiary/aromatic N) is 1. The normalized spacial score (nSPS) is 23.9. The lowest BCUT2D eigenvalue weighted by Gasteiger charge is -2.37. The zero-order valence-corrected chi connectivity index (χ0v) is 14.5. The van der Waals surface area contributed by atoms with E-state index in [0.717, 1.165) is 58.2 Å². The Kier molecular flexibility index (Phi) is 5.90. The van der Waals surface area contributed by atoms with Crippen molar-refractivity contribution in [2.75, 3.05) is 13.1 Å². The fraction of sp³-hybridized carbons (Fsp3) is 0.650. The topological polar surface area (TPSA) is 52.6 Å². The van der Waals surface area contributed by atoms with Crippen LogP contribution in [-0.4, -0.2) is 40.6 Å². The molecule has 0 aromatic heterocycles. The predicted molar refractivity (Wildman–Crippen MR) is 95.5 cm³/mol. The number of nitrogens with one attached hydrogen (secondary N) is 1. The molecule has 1 aliphatic heterocycles. The highest BCUT2D eigenvalue weighted by Gasteiger charge is 2.34. The highest BCUT2D eigenvalue weighted by Crippen LogP contribution is 2.31. The third kappa shape index (κ3) is 4.81. The first-order valence-electron chi connectivity index (χ1n) is 9.42. The first-order chi connectivity index (χ1) is 11.6. The standard InChI is InChI=1S/C20H30N2O2/c23-19(14-20(24)11-5-2-6-12-20)22-13-7-10-18(16-22)21-15-17-8-3-1-4-9-17/h1,3-4,8-9,18,21,24H,2,5-7,10-16H2. The van der Waals surface area contributed by atoms with Crippen LogP contribution in [0.15, 0.2) is 30.3 Å². The number of piperidine rings is 1. The number of rotatable bonds is 5. The summed E-state index contributed by atoms with van der Waals surface area (Å²) in [6.45, 7) is 2.44. The second-order valence-electron chi connectivity index (χ2n) is 7.51. The molecule has 1 saturated carbocycles. The lowest BCUT2D eigenvalue weighted by Crippen LogP contribution is -2.49. The van der Waals surface area contributed by atoms with Crippen molar-refractivity contribution in [3.05, 3.63) is 35.9 Å². The maximum Gasteiger partial charge on any atom is 0.225 e. The van der Waals surface area contributed by atoms with E-state index in [2.05, 4.69) is 29.6 Å². The Morgan fingerprint density at radius 1 is 1.17 bits per heavy atom. The first kappa shape index (κ1) is 17.4. The van der Waals surface area contributed by atoms with Crippen LogP contribution < -0.4 is 5.32 Å². The molecule has 1 aromatic carbocycles. The summed E-state index contributed by atoms with van der Waals surface area (Å²) in [5.74, 6) is 0.130. The molecule has 1 saturated heterocycles. The van der Waals surface area contributed by atoms with E-state index < -0.39 is 5.60 Å². The maximum atomic E-state index is 12.6. The van der Waals surface area contributed by atoms with E-state index in [4.69, 9.17) is 0 Å². The zero-order chi connectivity index (χ0) is 16.8. The number of carbonyl (C=O) groups is 1. The summed E-state index contributed by atoms with van der Waals surface area (Å²) in [7, 11) is 0. The van der Waals surface area contributed by atoms with Crippen LogP contribution in [0.4, 0.5) is 0 Å². The number of aliphatic hydroxyl groups is 1. The minimum atomic E-state index is -0.750. The van der Waals surface area contributed by atoms with Crippen LogP contribution in [0.2, 0.25) is 0 Å². The van der Waals surface area contributed by atoms with Crippen molar-refractivity contribution in [3.63, 3.8) is 0 Å². The summed E-state index contributed by atoms with van der Waals surface area (Å²) in [4.78, 5) is 14.6. The minimum absolute atomic E-state index is 0.130. The van der Waals surface area contributed by atoms with E-state index in [0.29, 0.717) is 12.5 Å². The SMILES string of the molecule is O=C(CC1(O)CCCCC1)N1CCCC(NCc2ccccc2)C1. The van der Waals surface area contributed by atoms with Gasteiger partial charge in [0.1, 0.15) is 0 Å². The van der Waals surface area contributed by atoms with Crippen LogP contribution in [-0.2, 0) is 11.3 Å². The van der Waals surface area contributed by atoms with Gasteiger partial charge in [-0.15, -0.1) is 0 Å². The van der Waals surface area contributed by atoms with Gasteiger partial charge in [0.15, 0.2) is 0 Å². The van der Waals surface area contributed by atoms with E-state index in [-0.39, 0.29) is 5.91 Å². The molecular formula is C20H30N2O2. The fourth-order valence-corrected chi connectivity index (χ4v) is 4.01. The molecule has 4 heteroatoms. The Balaban J connectivity index is 1.48. The smallest absolute Gasteiger partial charge is 0.225 e. The van der Waals surface area contributed by atoms with E-state index in [1.165, 1.54) is 12.0 Å². The van der Waals surface area contributed by atoms with Gasteiger partial charge in [-0.1, -0.05) is 49.6 Å². The van der Waals surface area contributed by atoms with Gasteiger partial charge < -0.3 is 15.3 Å². The van der Waals surface area contributed by atoms with E-state index in [9.17, 15) is 9.90 Å². The monoisotopic (exact) mass is 330 g/mol. The van der Waals surface area contributed by atoms with Gasteiger partial charge in [-0.05, 0) is 31.2 Å². The van der Waals surface area contributed by atoms with Gasteiger partial charge in [0, 0.05) is 25.7 Å². The number of hydrogen-bond acceptors (Lipinski definition) is 3. The van der Waals surface area contributed by atoms with Crippen molar-refractivity contribution >= 4 is 5.91 Å². The molecule has 0 spiro atoms. The summed E-state index contributed by atoms with van der Waals surface area (Å²) >= 11 is 0. The van der Waals surface area contributed by atoms with Gasteiger partial charge in [-0.25, -0.2) is 0 Å². The molecule has 24 heavy (non-hydrogen) atoms. The summed E-state index contributed by atoms with van der Waals surface area (Å²) in [5.41, 5.74) is 0.525. The van der Waals surface area contributed by atoms with E-state index >= 15 is 0 Å². The molecule has 0 bridgehead atoms. The number of amides is 1. The molecule has 2 N–H and O–H groups in total. The number of hydrogen-bond donors (Lipinski definition) is 2. The van der Waals surface area contributed by atoms with Crippen molar-refractivity contribution < 1.29 is 9.90 Å². The minimum Gasteiger partial charge on any atom is -0.389 e. The summed E-state index contributed by atoms with van der Waals surface area (Å²) < 4.78 is 0. The molecule has 132 valence electrons. The second kappa shape index (κ2) is 8.13. The Bertz CT molecular complexity index is 526. The molecule has 1 atom stereocenters. The molecular weight excluding hydrogens is 300 g/mol. The predicted octanol–water partition coefficient (Wildman–Crippen LogP) is 2.85. The molecule has 4 nitrogen and oxygen atoms in total. The van der Waals surface area contributed by atoms with Crippen LogP contribution in [0.1, 0.15) is 56.9 Å². The van der Waals surface area contributed by atoms with Gasteiger partial charge in [-0.2, -0.15) is 0 Å². The van der Waals surface area contributed by atoms with Gasteiger partial charge in [0.25, 0.3) is 0 Å². The van der Waals surface area contributed by atoms with Crippen LogP contribution in [0.25, 0.3) is 0 Å². The Morgan fingerprint density at radius 2 is 1.92 bits per heavy atom. The van der Waals surface area contributed by atoms with Crippen LogP contribution in [0, 0.1) is 0 Å². The summed E-state index contributed by atoms with van der Waals surface area (Å²) in [6, 6.07) is 10.7. The lowest BCUT2D eigenvalue weighted by molar-refractivity contribution is -0.139. The van der Waals surface area contributed by atoms with Crippen molar-refractivity contribution in [2.45, 2.75) is 69.6 Å². The van der Waals surface area contributed by atoms with Gasteiger partial charge >= 0.3 is 0 Å². The highest BCUT2D eigenvalue weighted by atomic mass is 16.3. The quantitative estimate of drug-likeness (QED) is 0.873. The molecule has 1 amide bonds. The summed E-state index contributed by atoms with van der Waals surface area (Å²) in [6.07, 6.45) is 7.29. The van der Waals surface area contributed by atoms with E-state index in [1.54, 1.807) is 0 Å². The van der Waals surface area contributed by atoms with Crippen LogP contribution in [0.5, 0.6) is 0 Å². The third-order valence-electron chi connectivity index (χ3n) is 5.48.